The molecule has 1 fully saturated rings. The van der Waals surface area contributed by atoms with E-state index in [-0.39, 0.29) is 5.41 Å². The maximum Gasteiger partial charge on any atom is 0.160 e. The summed E-state index contributed by atoms with van der Waals surface area (Å²) in [5.41, 5.74) is 1.33. The third kappa shape index (κ3) is 1.51. The standard InChI is InChI=1S/C11H18N2O/c1-11(2,3)10-9(14-4)7-12-13(10)8-5-6-8/h7-8H,5-6H2,1-4H3. The number of methoxy groups -OCH3 is 1. The van der Waals surface area contributed by atoms with Crippen molar-refractivity contribution in [3.05, 3.63) is 11.9 Å². The number of nitrogens with zero attached hydrogens (tertiary/aromatic N) is 2. The highest BCUT2D eigenvalue weighted by Crippen LogP contribution is 2.41. The van der Waals surface area contributed by atoms with Gasteiger partial charge in [-0.2, -0.15) is 5.10 Å². The van der Waals surface area contributed by atoms with Gasteiger partial charge in [-0.25, -0.2) is 0 Å². The Bertz CT molecular complexity index is 332. The largest absolute Gasteiger partial charge is 0.493 e. The average molecular weight is 194 g/mol. The van der Waals surface area contributed by atoms with Gasteiger partial charge in [-0.15, -0.1) is 0 Å². The molecule has 3 heteroatoms. The zero-order valence-corrected chi connectivity index (χ0v) is 9.37. The van der Waals surface area contributed by atoms with Crippen molar-refractivity contribution in [3.8, 4) is 5.75 Å². The summed E-state index contributed by atoms with van der Waals surface area (Å²) in [4.78, 5) is 0. The van der Waals surface area contributed by atoms with Crippen LogP contribution in [0.1, 0.15) is 45.3 Å². The third-order valence-corrected chi connectivity index (χ3v) is 2.58. The Morgan fingerprint density at radius 1 is 1.43 bits per heavy atom. The molecular formula is C11H18N2O. The molecule has 0 amide bonds. The van der Waals surface area contributed by atoms with Gasteiger partial charge in [0.1, 0.15) is 0 Å². The quantitative estimate of drug-likeness (QED) is 0.723. The molecule has 1 aromatic heterocycles. The molecule has 0 radical (unpaired) electrons. The maximum atomic E-state index is 5.35. The SMILES string of the molecule is COc1cnn(C2CC2)c1C(C)(C)C. The molecule has 2 rings (SSSR count). The van der Waals surface area contributed by atoms with Gasteiger partial charge in [0, 0.05) is 5.41 Å². The number of ether oxygens (including phenoxy) is 1. The van der Waals surface area contributed by atoms with Crippen molar-refractivity contribution in [1.82, 2.24) is 9.78 Å². The van der Waals surface area contributed by atoms with Gasteiger partial charge in [-0.05, 0) is 12.8 Å². The fraction of sp³-hybridized carbons (Fsp3) is 0.727. The van der Waals surface area contributed by atoms with Crippen LogP contribution < -0.4 is 4.74 Å². The zero-order valence-electron chi connectivity index (χ0n) is 9.37. The average Bonchev–Trinajstić information content (AvgIpc) is 2.82. The minimum Gasteiger partial charge on any atom is -0.493 e. The molecule has 0 unspecified atom stereocenters. The first-order chi connectivity index (χ1) is 6.54. The van der Waals surface area contributed by atoms with E-state index in [0.717, 1.165) is 5.75 Å². The van der Waals surface area contributed by atoms with Gasteiger partial charge in [0.15, 0.2) is 5.75 Å². The van der Waals surface area contributed by atoms with Crippen LogP contribution in [0.15, 0.2) is 6.20 Å². The normalized spacial score (nSPS) is 17.1. The van der Waals surface area contributed by atoms with Crippen LogP contribution in [-0.4, -0.2) is 16.9 Å². The van der Waals surface area contributed by atoms with E-state index in [4.69, 9.17) is 4.74 Å². The van der Waals surface area contributed by atoms with Crippen LogP contribution in [0.4, 0.5) is 0 Å². The summed E-state index contributed by atoms with van der Waals surface area (Å²) in [6.07, 6.45) is 4.35. The minimum atomic E-state index is 0.102. The predicted octanol–water partition coefficient (Wildman–Crippen LogP) is 2.52. The van der Waals surface area contributed by atoms with Crippen LogP contribution in [0.3, 0.4) is 0 Å². The van der Waals surface area contributed by atoms with Crippen LogP contribution in [0.2, 0.25) is 0 Å². The Morgan fingerprint density at radius 2 is 2.07 bits per heavy atom. The molecule has 0 aliphatic heterocycles. The number of rotatable bonds is 2. The Morgan fingerprint density at radius 3 is 2.50 bits per heavy atom. The number of hydrogen-bond acceptors (Lipinski definition) is 2. The second-order valence-electron chi connectivity index (χ2n) is 4.99. The maximum absolute atomic E-state index is 5.35. The van der Waals surface area contributed by atoms with Gasteiger partial charge < -0.3 is 4.74 Å². The topological polar surface area (TPSA) is 27.1 Å². The lowest BCUT2D eigenvalue weighted by Gasteiger charge is -2.21. The molecule has 0 saturated heterocycles. The molecule has 0 atom stereocenters. The van der Waals surface area contributed by atoms with Crippen molar-refractivity contribution in [3.63, 3.8) is 0 Å². The zero-order chi connectivity index (χ0) is 10.3. The van der Waals surface area contributed by atoms with Gasteiger partial charge in [0.25, 0.3) is 0 Å². The Kier molecular flexibility index (Phi) is 2.05. The second kappa shape index (κ2) is 3.01. The van der Waals surface area contributed by atoms with Crippen LogP contribution in [0, 0.1) is 0 Å². The first-order valence-electron chi connectivity index (χ1n) is 5.16. The van der Waals surface area contributed by atoms with Crippen molar-refractivity contribution >= 4 is 0 Å². The van der Waals surface area contributed by atoms with E-state index in [1.54, 1.807) is 7.11 Å². The first-order valence-corrected chi connectivity index (χ1v) is 5.16. The summed E-state index contributed by atoms with van der Waals surface area (Å²) in [7, 11) is 1.71. The van der Waals surface area contributed by atoms with Crippen molar-refractivity contribution in [2.75, 3.05) is 7.11 Å². The summed E-state index contributed by atoms with van der Waals surface area (Å²) in [5.74, 6) is 0.921. The van der Waals surface area contributed by atoms with Crippen molar-refractivity contribution in [2.24, 2.45) is 0 Å². The summed E-state index contributed by atoms with van der Waals surface area (Å²) in [5, 5.41) is 4.41. The monoisotopic (exact) mass is 194 g/mol. The molecule has 1 heterocycles. The molecule has 1 aromatic rings. The molecule has 14 heavy (non-hydrogen) atoms. The smallest absolute Gasteiger partial charge is 0.160 e. The van der Waals surface area contributed by atoms with Gasteiger partial charge >= 0.3 is 0 Å². The van der Waals surface area contributed by atoms with Crippen LogP contribution >= 0.6 is 0 Å². The van der Waals surface area contributed by atoms with Crippen molar-refractivity contribution in [2.45, 2.75) is 45.1 Å². The second-order valence-corrected chi connectivity index (χ2v) is 4.99. The highest BCUT2D eigenvalue weighted by Gasteiger charge is 2.32. The predicted molar refractivity (Wildman–Crippen MR) is 55.8 cm³/mol. The Balaban J connectivity index is 2.45. The van der Waals surface area contributed by atoms with Crippen LogP contribution in [0.25, 0.3) is 0 Å². The summed E-state index contributed by atoms with van der Waals surface area (Å²) < 4.78 is 7.48. The lowest BCUT2D eigenvalue weighted by atomic mass is 9.91. The molecule has 0 aromatic carbocycles. The van der Waals surface area contributed by atoms with E-state index in [2.05, 4.69) is 30.6 Å². The van der Waals surface area contributed by atoms with E-state index in [1.165, 1.54) is 18.5 Å². The van der Waals surface area contributed by atoms with E-state index in [1.807, 2.05) is 6.20 Å². The van der Waals surface area contributed by atoms with Gasteiger partial charge in [0.05, 0.1) is 25.0 Å². The van der Waals surface area contributed by atoms with E-state index in [9.17, 15) is 0 Å². The van der Waals surface area contributed by atoms with E-state index >= 15 is 0 Å². The summed E-state index contributed by atoms with van der Waals surface area (Å²) in [6.45, 7) is 6.60. The summed E-state index contributed by atoms with van der Waals surface area (Å²) in [6, 6.07) is 0.619. The lowest BCUT2D eigenvalue weighted by molar-refractivity contribution is 0.388. The highest BCUT2D eigenvalue weighted by atomic mass is 16.5. The van der Waals surface area contributed by atoms with E-state index in [0.29, 0.717) is 6.04 Å². The highest BCUT2D eigenvalue weighted by molar-refractivity contribution is 5.32. The van der Waals surface area contributed by atoms with Gasteiger partial charge in [-0.1, -0.05) is 20.8 Å². The molecule has 1 aliphatic rings. The molecule has 1 saturated carbocycles. The molecule has 0 bridgehead atoms. The minimum absolute atomic E-state index is 0.102. The molecular weight excluding hydrogens is 176 g/mol. The van der Waals surface area contributed by atoms with Crippen LogP contribution in [-0.2, 0) is 5.41 Å². The first kappa shape index (κ1) is 9.56. The van der Waals surface area contributed by atoms with Gasteiger partial charge in [0.2, 0.25) is 0 Å². The Hall–Kier alpha value is -0.990. The molecule has 0 N–H and O–H groups in total. The van der Waals surface area contributed by atoms with Crippen LogP contribution in [0.5, 0.6) is 5.75 Å². The number of hydrogen-bond donors (Lipinski definition) is 0. The molecule has 1 aliphatic carbocycles. The molecule has 78 valence electrons. The van der Waals surface area contributed by atoms with Crippen molar-refractivity contribution in [1.29, 1.82) is 0 Å². The lowest BCUT2D eigenvalue weighted by Crippen LogP contribution is -2.18. The van der Waals surface area contributed by atoms with Crippen molar-refractivity contribution < 1.29 is 4.74 Å². The third-order valence-electron chi connectivity index (χ3n) is 2.58. The summed E-state index contributed by atoms with van der Waals surface area (Å²) >= 11 is 0. The Labute approximate surface area is 85.1 Å². The fourth-order valence-electron chi connectivity index (χ4n) is 1.81. The molecule has 0 spiro atoms. The number of aromatic nitrogens is 2. The fourth-order valence-corrected chi connectivity index (χ4v) is 1.81. The molecule has 3 nitrogen and oxygen atoms in total. The van der Waals surface area contributed by atoms with E-state index < -0.39 is 0 Å². The van der Waals surface area contributed by atoms with Gasteiger partial charge in [-0.3, -0.25) is 4.68 Å².